The summed E-state index contributed by atoms with van der Waals surface area (Å²) in [6.45, 7) is 2.14. The molecule has 0 aliphatic carbocycles. The smallest absolute Gasteiger partial charge is 0.309 e. The van der Waals surface area contributed by atoms with E-state index in [1.54, 1.807) is 30.3 Å². The Morgan fingerprint density at radius 1 is 1.04 bits per heavy atom. The molecule has 2 amide bonds. The number of pyridine rings is 1. The Kier molecular flexibility index (Phi) is 7.48. The number of amides is 2. The molecule has 0 radical (unpaired) electrons. The van der Waals surface area contributed by atoms with Gasteiger partial charge in [0, 0.05) is 25.5 Å². The summed E-state index contributed by atoms with van der Waals surface area (Å²) in [6, 6.07) is 11.2. The first-order valence-electron chi connectivity index (χ1n) is 8.71. The van der Waals surface area contributed by atoms with Crippen molar-refractivity contribution >= 4 is 21.7 Å². The van der Waals surface area contributed by atoms with Crippen molar-refractivity contribution in [3.8, 4) is 0 Å². The number of rotatable bonds is 8. The molecular formula is C19H23N3O4S. The van der Waals surface area contributed by atoms with Crippen LogP contribution in [0.25, 0.3) is 0 Å². The van der Waals surface area contributed by atoms with Crippen LogP contribution in [0.5, 0.6) is 0 Å². The van der Waals surface area contributed by atoms with Gasteiger partial charge in [0.25, 0.3) is 0 Å². The second-order valence-corrected chi connectivity index (χ2v) is 8.08. The highest BCUT2D eigenvalue weighted by atomic mass is 32.2. The molecule has 7 nitrogen and oxygen atoms in total. The lowest BCUT2D eigenvalue weighted by atomic mass is 10.2. The topological polar surface area (TPSA) is 105 Å². The van der Waals surface area contributed by atoms with E-state index in [0.717, 1.165) is 12.8 Å². The molecule has 1 atom stereocenters. The molecule has 0 fully saturated rings. The van der Waals surface area contributed by atoms with Gasteiger partial charge in [-0.05, 0) is 30.2 Å². The van der Waals surface area contributed by atoms with Gasteiger partial charge in [0.05, 0.1) is 4.90 Å². The lowest BCUT2D eigenvalue weighted by Crippen LogP contribution is -2.42. The molecule has 0 unspecified atom stereocenters. The van der Waals surface area contributed by atoms with Crippen LogP contribution < -0.4 is 10.6 Å². The van der Waals surface area contributed by atoms with E-state index in [2.05, 4.69) is 15.6 Å². The largest absolute Gasteiger partial charge is 0.348 e. The van der Waals surface area contributed by atoms with Crippen molar-refractivity contribution < 1.29 is 18.0 Å². The summed E-state index contributed by atoms with van der Waals surface area (Å²) in [5.74, 6) is -1.63. The number of carbonyl (C=O) groups excluding carboxylic acids is 2. The Labute approximate surface area is 159 Å². The summed E-state index contributed by atoms with van der Waals surface area (Å²) in [5, 5.41) is 3.88. The Morgan fingerprint density at radius 3 is 2.37 bits per heavy atom. The van der Waals surface area contributed by atoms with Crippen molar-refractivity contribution in [2.45, 2.75) is 29.9 Å². The molecule has 0 saturated carbocycles. The molecule has 144 valence electrons. The van der Waals surface area contributed by atoms with E-state index in [4.69, 9.17) is 0 Å². The minimum Gasteiger partial charge on any atom is -0.348 e. The van der Waals surface area contributed by atoms with E-state index < -0.39 is 26.9 Å². The number of nitrogens with one attached hydrogen (secondary N) is 2. The summed E-state index contributed by atoms with van der Waals surface area (Å²) in [4.78, 5) is 27.9. The predicted molar refractivity (Wildman–Crippen MR) is 102 cm³/mol. The summed E-state index contributed by atoms with van der Waals surface area (Å²) in [6.07, 6.45) is 4.63. The van der Waals surface area contributed by atoms with Gasteiger partial charge < -0.3 is 10.6 Å². The number of carbonyl (C=O) groups is 2. The van der Waals surface area contributed by atoms with Crippen molar-refractivity contribution in [3.63, 3.8) is 0 Å². The van der Waals surface area contributed by atoms with Crippen LogP contribution >= 0.6 is 0 Å². The van der Waals surface area contributed by atoms with E-state index in [1.807, 2.05) is 6.92 Å². The third kappa shape index (κ3) is 5.62. The van der Waals surface area contributed by atoms with E-state index in [9.17, 15) is 18.0 Å². The normalized spacial score (nSPS) is 12.2. The first kappa shape index (κ1) is 20.6. The number of nitrogens with zero attached hydrogens (tertiary/aromatic N) is 1. The van der Waals surface area contributed by atoms with Crippen molar-refractivity contribution in [3.05, 3.63) is 60.4 Å². The number of sulfone groups is 1. The Hall–Kier alpha value is -2.74. The van der Waals surface area contributed by atoms with Gasteiger partial charge in [-0.2, -0.15) is 0 Å². The molecule has 1 heterocycles. The molecular weight excluding hydrogens is 366 g/mol. The average molecular weight is 389 g/mol. The SMILES string of the molecule is CCCCNC(=O)C(=O)NC[C@H](c1cccnc1)S(=O)(=O)c1ccccc1. The summed E-state index contributed by atoms with van der Waals surface area (Å²) >= 11 is 0. The van der Waals surface area contributed by atoms with Crippen LogP contribution in [0.4, 0.5) is 0 Å². The molecule has 8 heteroatoms. The summed E-state index contributed by atoms with van der Waals surface area (Å²) < 4.78 is 26.1. The molecule has 2 aromatic rings. The highest BCUT2D eigenvalue weighted by Gasteiger charge is 2.30. The zero-order valence-electron chi connectivity index (χ0n) is 15.1. The fourth-order valence-corrected chi connectivity index (χ4v) is 4.14. The maximum atomic E-state index is 13.0. The number of aromatic nitrogens is 1. The third-order valence-electron chi connectivity index (χ3n) is 3.97. The van der Waals surface area contributed by atoms with Gasteiger partial charge in [-0.25, -0.2) is 8.42 Å². The molecule has 2 rings (SSSR count). The van der Waals surface area contributed by atoms with Crippen LogP contribution in [0, 0.1) is 0 Å². The van der Waals surface area contributed by atoms with Crippen LogP contribution in [-0.4, -0.2) is 38.3 Å². The predicted octanol–water partition coefficient (Wildman–Crippen LogP) is 1.63. The van der Waals surface area contributed by atoms with Gasteiger partial charge in [-0.1, -0.05) is 37.6 Å². The quantitative estimate of drug-likeness (QED) is 0.527. The van der Waals surface area contributed by atoms with Gasteiger partial charge in [0.15, 0.2) is 9.84 Å². The minimum absolute atomic E-state index is 0.139. The maximum absolute atomic E-state index is 13.0. The molecule has 0 saturated heterocycles. The lowest BCUT2D eigenvalue weighted by molar-refractivity contribution is -0.139. The van der Waals surface area contributed by atoms with Crippen LogP contribution in [0.2, 0.25) is 0 Å². The first-order chi connectivity index (χ1) is 13.0. The summed E-state index contributed by atoms with van der Waals surface area (Å²) in [5.41, 5.74) is 0.438. The van der Waals surface area contributed by atoms with Crippen molar-refractivity contribution in [1.82, 2.24) is 15.6 Å². The van der Waals surface area contributed by atoms with Crippen molar-refractivity contribution in [1.29, 1.82) is 0 Å². The van der Waals surface area contributed by atoms with E-state index in [0.29, 0.717) is 12.1 Å². The fourth-order valence-electron chi connectivity index (χ4n) is 2.47. The molecule has 0 aliphatic heterocycles. The van der Waals surface area contributed by atoms with Gasteiger partial charge in [-0.15, -0.1) is 0 Å². The fraction of sp³-hybridized carbons (Fsp3) is 0.316. The number of hydrogen-bond donors (Lipinski definition) is 2. The van der Waals surface area contributed by atoms with E-state index in [-0.39, 0.29) is 11.4 Å². The maximum Gasteiger partial charge on any atom is 0.309 e. The molecule has 0 bridgehead atoms. The van der Waals surface area contributed by atoms with Gasteiger partial charge in [0.1, 0.15) is 5.25 Å². The standard InChI is InChI=1S/C19H23N3O4S/c1-2-3-12-21-18(23)19(24)22-14-17(15-8-7-11-20-13-15)27(25,26)16-9-5-4-6-10-16/h4-11,13,17H,2-3,12,14H2,1H3,(H,21,23)(H,22,24)/t17-/m1/s1. The molecule has 27 heavy (non-hydrogen) atoms. The van der Waals surface area contributed by atoms with E-state index >= 15 is 0 Å². The highest BCUT2D eigenvalue weighted by Crippen LogP contribution is 2.27. The molecule has 2 N–H and O–H groups in total. The first-order valence-corrected chi connectivity index (χ1v) is 10.3. The minimum atomic E-state index is -3.78. The van der Waals surface area contributed by atoms with Crippen LogP contribution in [0.15, 0.2) is 59.8 Å². The van der Waals surface area contributed by atoms with Crippen molar-refractivity contribution in [2.75, 3.05) is 13.1 Å². The third-order valence-corrected chi connectivity index (χ3v) is 6.09. The van der Waals surface area contributed by atoms with Gasteiger partial charge in [0.2, 0.25) is 0 Å². The van der Waals surface area contributed by atoms with Gasteiger partial charge in [-0.3, -0.25) is 14.6 Å². The second kappa shape index (κ2) is 9.82. The Bertz CT molecular complexity index is 855. The number of unbranched alkanes of at least 4 members (excludes halogenated alkanes) is 1. The number of benzene rings is 1. The molecule has 0 aliphatic rings. The molecule has 1 aromatic heterocycles. The average Bonchev–Trinajstić information content (AvgIpc) is 2.69. The second-order valence-electron chi connectivity index (χ2n) is 5.95. The summed E-state index contributed by atoms with van der Waals surface area (Å²) in [7, 11) is -3.78. The van der Waals surface area contributed by atoms with Crippen LogP contribution in [-0.2, 0) is 19.4 Å². The van der Waals surface area contributed by atoms with Gasteiger partial charge >= 0.3 is 11.8 Å². The highest BCUT2D eigenvalue weighted by molar-refractivity contribution is 7.91. The zero-order chi connectivity index (χ0) is 19.7. The van der Waals surface area contributed by atoms with Crippen molar-refractivity contribution in [2.24, 2.45) is 0 Å². The number of hydrogen-bond acceptors (Lipinski definition) is 5. The molecule has 1 aromatic carbocycles. The Morgan fingerprint density at radius 2 is 1.74 bits per heavy atom. The van der Waals surface area contributed by atoms with Crippen LogP contribution in [0.1, 0.15) is 30.6 Å². The monoisotopic (exact) mass is 389 g/mol. The van der Waals surface area contributed by atoms with E-state index in [1.165, 1.54) is 24.5 Å². The molecule has 0 spiro atoms. The van der Waals surface area contributed by atoms with Crippen LogP contribution in [0.3, 0.4) is 0 Å². The zero-order valence-corrected chi connectivity index (χ0v) is 15.9. The Balaban J connectivity index is 2.18. The lowest BCUT2D eigenvalue weighted by Gasteiger charge is -2.18.